The van der Waals surface area contributed by atoms with Crippen LogP contribution in [0.2, 0.25) is 0 Å². The summed E-state index contributed by atoms with van der Waals surface area (Å²) in [6.07, 6.45) is 12.3. The third-order valence-corrected chi connectivity index (χ3v) is 7.65. The van der Waals surface area contributed by atoms with Crippen molar-refractivity contribution in [2.24, 2.45) is 0 Å². The molecule has 0 radical (unpaired) electrons. The van der Waals surface area contributed by atoms with Crippen molar-refractivity contribution in [1.29, 1.82) is 0 Å². The average Bonchev–Trinajstić information content (AvgIpc) is 2.79. The molecule has 2 rings (SSSR count). The number of aryl methyl sites for hydroxylation is 2. The summed E-state index contributed by atoms with van der Waals surface area (Å²) in [6, 6.07) is 9.87. The molecule has 0 spiro atoms. The van der Waals surface area contributed by atoms with Crippen LogP contribution in [0.3, 0.4) is 0 Å². The maximum Gasteiger partial charge on any atom is 0.193 e. The number of hydrogen-bond acceptors (Lipinski definition) is 2. The second kappa shape index (κ2) is 13.7. The Hall–Kier alpha value is -1.79. The van der Waals surface area contributed by atoms with Crippen molar-refractivity contribution in [1.82, 2.24) is 0 Å². The lowest BCUT2D eigenvalue weighted by atomic mass is 9.87. The van der Waals surface area contributed by atoms with Crippen LogP contribution in [0.5, 0.6) is 0 Å². The van der Waals surface area contributed by atoms with Gasteiger partial charge in [-0.15, -0.1) is 0 Å². The Morgan fingerprint density at radius 3 is 2.03 bits per heavy atom. The van der Waals surface area contributed by atoms with Crippen molar-refractivity contribution in [3.63, 3.8) is 0 Å². The molecule has 1 atom stereocenters. The lowest BCUT2D eigenvalue weighted by Crippen LogP contribution is -2.12. The smallest absolute Gasteiger partial charge is 0.193 e. The highest BCUT2D eigenvalue weighted by Gasteiger charge is 2.23. The minimum absolute atomic E-state index is 0.0550. The molecule has 0 aromatic heterocycles. The summed E-state index contributed by atoms with van der Waals surface area (Å²) in [5, 5.41) is 0. The minimum atomic E-state index is -0.119. The number of ketones is 1. The first-order chi connectivity index (χ1) is 15.4. The molecule has 0 N–H and O–H groups in total. The highest BCUT2D eigenvalue weighted by atomic mass is 31.1. The lowest BCUT2D eigenvalue weighted by Gasteiger charge is -2.18. The molecular weight excluding hydrogens is 411 g/mol. The Kier molecular flexibility index (Phi) is 11.3. The molecule has 0 saturated heterocycles. The van der Waals surface area contributed by atoms with Crippen LogP contribution < -0.4 is 0 Å². The zero-order valence-electron chi connectivity index (χ0n) is 20.8. The van der Waals surface area contributed by atoms with Crippen molar-refractivity contribution in [3.8, 4) is 0 Å². The third kappa shape index (κ3) is 7.11. The monoisotopic (exact) mass is 452 g/mol. The molecular formula is C29H41O2P. The molecule has 0 aliphatic carbocycles. The van der Waals surface area contributed by atoms with Crippen LogP contribution in [-0.4, -0.2) is 5.78 Å². The summed E-state index contributed by atoms with van der Waals surface area (Å²) in [6.45, 7) is 10.5. The van der Waals surface area contributed by atoms with Crippen LogP contribution in [0.4, 0.5) is 0 Å². The van der Waals surface area contributed by atoms with E-state index in [0.717, 1.165) is 35.1 Å². The second-order valence-corrected chi connectivity index (χ2v) is 10.1. The van der Waals surface area contributed by atoms with E-state index in [1.54, 1.807) is 0 Å². The molecule has 0 aliphatic rings. The molecule has 174 valence electrons. The maximum atomic E-state index is 13.6. The predicted molar refractivity (Wildman–Crippen MR) is 137 cm³/mol. The largest absolute Gasteiger partial charge is 0.289 e. The molecule has 2 aromatic rings. The lowest BCUT2D eigenvalue weighted by molar-refractivity contribution is 0.103. The molecule has 0 saturated carbocycles. The summed E-state index contributed by atoms with van der Waals surface area (Å²) in [5.41, 5.74) is 6.75. The van der Waals surface area contributed by atoms with Gasteiger partial charge in [-0.3, -0.25) is 9.36 Å². The number of unbranched alkanes of at least 4 members (excludes halogenated alkanes) is 8. The number of benzene rings is 2. The summed E-state index contributed by atoms with van der Waals surface area (Å²) in [5.74, 6) is 0.0550. The van der Waals surface area contributed by atoms with Crippen LogP contribution in [0.1, 0.15) is 121 Å². The summed E-state index contributed by atoms with van der Waals surface area (Å²) in [4.78, 5) is 13.6. The van der Waals surface area contributed by atoms with Gasteiger partial charge >= 0.3 is 0 Å². The average molecular weight is 453 g/mol. The Morgan fingerprint density at radius 2 is 1.41 bits per heavy atom. The molecule has 0 amide bonds. The van der Waals surface area contributed by atoms with Gasteiger partial charge in [0.2, 0.25) is 0 Å². The Labute approximate surface area is 197 Å². The van der Waals surface area contributed by atoms with Gasteiger partial charge in [-0.2, -0.15) is 0 Å². The molecule has 0 bridgehead atoms. The number of rotatable bonds is 14. The van der Waals surface area contributed by atoms with E-state index >= 15 is 0 Å². The van der Waals surface area contributed by atoms with Gasteiger partial charge in [-0.05, 0) is 61.9 Å². The van der Waals surface area contributed by atoms with E-state index in [4.69, 9.17) is 0 Å². The van der Waals surface area contributed by atoms with Crippen molar-refractivity contribution in [2.45, 2.75) is 104 Å². The van der Waals surface area contributed by atoms with Gasteiger partial charge in [0.25, 0.3) is 0 Å². The van der Waals surface area contributed by atoms with Gasteiger partial charge in [0, 0.05) is 11.1 Å². The Balaban J connectivity index is 2.06. The topological polar surface area (TPSA) is 34.1 Å². The maximum absolute atomic E-state index is 13.6. The minimum Gasteiger partial charge on any atom is -0.289 e. The van der Waals surface area contributed by atoms with Crippen LogP contribution >= 0.6 is 8.46 Å². The summed E-state index contributed by atoms with van der Waals surface area (Å²) >= 11 is 0. The summed E-state index contributed by atoms with van der Waals surface area (Å²) < 4.78 is 12.1. The zero-order chi connectivity index (χ0) is 23.5. The third-order valence-electron chi connectivity index (χ3n) is 6.86. The number of carbonyl (C=O) groups excluding carboxylic acids is 1. The van der Waals surface area contributed by atoms with E-state index in [1.807, 2.05) is 38.1 Å². The Morgan fingerprint density at radius 1 is 0.812 bits per heavy atom. The summed E-state index contributed by atoms with van der Waals surface area (Å²) in [7, 11) is 0.106. The Bertz CT molecular complexity index is 900. The predicted octanol–water partition coefficient (Wildman–Crippen LogP) is 9.40. The van der Waals surface area contributed by atoms with Crippen molar-refractivity contribution in [3.05, 3.63) is 69.3 Å². The molecule has 0 fully saturated rings. The van der Waals surface area contributed by atoms with Crippen LogP contribution in [-0.2, 0) is 4.57 Å². The molecule has 2 nitrogen and oxygen atoms in total. The molecule has 0 heterocycles. The zero-order valence-corrected chi connectivity index (χ0v) is 21.7. The second-order valence-electron chi connectivity index (χ2n) is 9.29. The van der Waals surface area contributed by atoms with Crippen LogP contribution in [0.15, 0.2) is 30.3 Å². The van der Waals surface area contributed by atoms with Gasteiger partial charge in [-0.1, -0.05) is 95.0 Å². The fraction of sp³-hybridized carbons (Fsp3) is 0.552. The highest BCUT2D eigenvalue weighted by molar-refractivity contribution is 7.24. The number of carbonyl (C=O) groups is 1. The van der Waals surface area contributed by atoms with E-state index in [0.29, 0.717) is 5.56 Å². The molecule has 2 aromatic carbocycles. The molecule has 1 unspecified atom stereocenters. The fourth-order valence-corrected chi connectivity index (χ4v) is 5.30. The van der Waals surface area contributed by atoms with Crippen LogP contribution in [0, 0.1) is 27.7 Å². The van der Waals surface area contributed by atoms with Crippen molar-refractivity contribution in [2.75, 3.05) is 0 Å². The first-order valence-corrected chi connectivity index (χ1v) is 13.3. The fourth-order valence-electron chi connectivity index (χ4n) is 4.68. The van der Waals surface area contributed by atoms with Crippen LogP contribution in [0.25, 0.3) is 0 Å². The van der Waals surface area contributed by atoms with Crippen molar-refractivity contribution < 1.29 is 9.36 Å². The van der Waals surface area contributed by atoms with Crippen molar-refractivity contribution >= 4 is 14.2 Å². The van der Waals surface area contributed by atoms with Gasteiger partial charge in [0.05, 0.1) is 5.66 Å². The van der Waals surface area contributed by atoms with E-state index in [9.17, 15) is 9.36 Å². The molecule has 3 heteroatoms. The molecule has 32 heavy (non-hydrogen) atoms. The van der Waals surface area contributed by atoms with E-state index < -0.39 is 0 Å². The van der Waals surface area contributed by atoms with Gasteiger partial charge in [0.1, 0.15) is 0 Å². The SMILES string of the molecule is CCCCCCCCCCCC(P=O)c1ccccc1C(=O)c1c(C)cc(C)c(C)c1C. The number of hydrogen-bond donors (Lipinski definition) is 0. The van der Waals surface area contributed by atoms with E-state index in [2.05, 4.69) is 26.8 Å². The normalized spacial score (nSPS) is 12.3. The molecule has 0 aliphatic heterocycles. The first kappa shape index (κ1) is 26.5. The van der Waals surface area contributed by atoms with Gasteiger partial charge in [-0.25, -0.2) is 0 Å². The first-order valence-electron chi connectivity index (χ1n) is 12.5. The van der Waals surface area contributed by atoms with Gasteiger partial charge in [0.15, 0.2) is 14.2 Å². The quantitative estimate of drug-likeness (QED) is 0.162. The highest BCUT2D eigenvalue weighted by Crippen LogP contribution is 2.36. The van der Waals surface area contributed by atoms with Gasteiger partial charge < -0.3 is 0 Å². The standard InChI is InChI=1S/C29H41O2P/c1-6-7-8-9-10-11-12-13-14-19-27(32-31)25-17-15-16-18-26(25)29(30)28-22(3)20-21(2)23(4)24(28)5/h15-18,20,27H,6-14,19H2,1-5H3. The van der Waals surface area contributed by atoms with E-state index in [-0.39, 0.29) is 19.9 Å². The van der Waals surface area contributed by atoms with E-state index in [1.165, 1.54) is 62.5 Å².